The maximum absolute atomic E-state index is 4.75. The van der Waals surface area contributed by atoms with Crippen molar-refractivity contribution in [2.75, 3.05) is 36.5 Å². The van der Waals surface area contributed by atoms with Crippen LogP contribution < -0.4 is 9.80 Å². The van der Waals surface area contributed by atoms with E-state index in [4.69, 9.17) is 4.98 Å². The van der Waals surface area contributed by atoms with Gasteiger partial charge in [-0.1, -0.05) is 26.8 Å². The molecule has 4 heteroatoms. The van der Waals surface area contributed by atoms with Gasteiger partial charge in [0, 0.05) is 39.1 Å². The molecule has 0 radical (unpaired) electrons. The first kappa shape index (κ1) is 20.6. The molecule has 28 heavy (non-hydrogen) atoms. The third kappa shape index (κ3) is 5.03. The van der Waals surface area contributed by atoms with Crippen LogP contribution in [0, 0.1) is 6.92 Å². The van der Waals surface area contributed by atoms with Crippen LogP contribution in [0.5, 0.6) is 0 Å². The van der Waals surface area contributed by atoms with Crippen LogP contribution in [0.1, 0.15) is 75.0 Å². The number of hydrogen-bond donors (Lipinski definition) is 0. The van der Waals surface area contributed by atoms with Gasteiger partial charge in [-0.25, -0.2) is 9.97 Å². The lowest BCUT2D eigenvalue weighted by Crippen LogP contribution is -2.30. The first-order valence-electron chi connectivity index (χ1n) is 10.8. The van der Waals surface area contributed by atoms with Gasteiger partial charge < -0.3 is 9.80 Å². The highest BCUT2D eigenvalue weighted by Crippen LogP contribution is 2.25. The fourth-order valence-electron chi connectivity index (χ4n) is 4.03. The van der Waals surface area contributed by atoms with Crippen LogP contribution >= 0.6 is 0 Å². The number of rotatable bonds is 7. The Hall–Kier alpha value is -2.10. The van der Waals surface area contributed by atoms with E-state index in [1.54, 1.807) is 0 Å². The molecule has 4 nitrogen and oxygen atoms in total. The lowest BCUT2D eigenvalue weighted by molar-refractivity contribution is 0.573. The summed E-state index contributed by atoms with van der Waals surface area (Å²) in [5.74, 6) is 3.21. The molecule has 1 atom stereocenters. The fourth-order valence-corrected chi connectivity index (χ4v) is 4.03. The van der Waals surface area contributed by atoms with Crippen molar-refractivity contribution in [3.63, 3.8) is 0 Å². The van der Waals surface area contributed by atoms with Gasteiger partial charge in [0.1, 0.15) is 11.6 Å². The molecule has 2 aromatic rings. The third-order valence-electron chi connectivity index (χ3n) is 6.07. The van der Waals surface area contributed by atoms with E-state index in [2.05, 4.69) is 73.9 Å². The van der Waals surface area contributed by atoms with E-state index in [9.17, 15) is 0 Å². The number of aromatic nitrogens is 2. The maximum Gasteiger partial charge on any atom is 0.128 e. The third-order valence-corrected chi connectivity index (χ3v) is 6.07. The Bertz CT molecular complexity index is 748. The van der Waals surface area contributed by atoms with Crippen molar-refractivity contribution in [1.82, 2.24) is 9.97 Å². The first-order valence-corrected chi connectivity index (χ1v) is 10.8. The molecule has 0 aromatic carbocycles. The van der Waals surface area contributed by atoms with Crippen molar-refractivity contribution >= 4 is 11.6 Å². The van der Waals surface area contributed by atoms with Gasteiger partial charge in [0.15, 0.2) is 0 Å². The van der Waals surface area contributed by atoms with Crippen LogP contribution in [0.4, 0.5) is 11.6 Å². The molecule has 3 heterocycles. The molecule has 1 aliphatic heterocycles. The van der Waals surface area contributed by atoms with Gasteiger partial charge in [0.05, 0.1) is 0 Å². The van der Waals surface area contributed by atoms with Gasteiger partial charge in [-0.15, -0.1) is 0 Å². The van der Waals surface area contributed by atoms with Crippen LogP contribution in [-0.4, -0.2) is 36.6 Å². The summed E-state index contributed by atoms with van der Waals surface area (Å²) < 4.78 is 0. The molecule has 0 amide bonds. The normalized spacial score (nSPS) is 15.7. The Morgan fingerprint density at radius 2 is 1.79 bits per heavy atom. The number of nitrogens with zero attached hydrogens (tertiary/aromatic N) is 4. The van der Waals surface area contributed by atoms with E-state index in [0.29, 0.717) is 11.8 Å². The molecule has 1 saturated heterocycles. The highest BCUT2D eigenvalue weighted by Gasteiger charge is 2.14. The SMILES string of the molecule is Cc1cc(N(C)CCC(C)c2ccc(N3CCCCC3)nc2)ncc1C(C)C. The summed E-state index contributed by atoms with van der Waals surface area (Å²) >= 11 is 0. The minimum atomic E-state index is 0.487. The van der Waals surface area contributed by atoms with Crippen LogP contribution in [0.15, 0.2) is 30.6 Å². The average Bonchev–Trinajstić information content (AvgIpc) is 2.72. The molecule has 0 spiro atoms. The van der Waals surface area contributed by atoms with Gasteiger partial charge in [-0.2, -0.15) is 0 Å². The van der Waals surface area contributed by atoms with E-state index in [1.165, 1.54) is 36.0 Å². The average molecular weight is 381 g/mol. The van der Waals surface area contributed by atoms with Crippen molar-refractivity contribution in [1.29, 1.82) is 0 Å². The lowest BCUT2D eigenvalue weighted by atomic mass is 9.99. The van der Waals surface area contributed by atoms with E-state index >= 15 is 0 Å². The van der Waals surface area contributed by atoms with Crippen molar-refractivity contribution in [3.8, 4) is 0 Å². The van der Waals surface area contributed by atoms with Gasteiger partial charge >= 0.3 is 0 Å². The summed E-state index contributed by atoms with van der Waals surface area (Å²) in [5, 5.41) is 0. The minimum Gasteiger partial charge on any atom is -0.360 e. The summed E-state index contributed by atoms with van der Waals surface area (Å²) in [6, 6.07) is 6.69. The number of hydrogen-bond acceptors (Lipinski definition) is 4. The van der Waals surface area contributed by atoms with Crippen molar-refractivity contribution in [2.45, 2.75) is 65.2 Å². The second-order valence-electron chi connectivity index (χ2n) is 8.66. The molecule has 3 rings (SSSR count). The lowest BCUT2D eigenvalue weighted by Gasteiger charge is -2.28. The topological polar surface area (TPSA) is 32.3 Å². The predicted octanol–water partition coefficient (Wildman–Crippen LogP) is 5.53. The molecule has 1 aliphatic rings. The van der Waals surface area contributed by atoms with Gasteiger partial charge in [0.25, 0.3) is 0 Å². The highest BCUT2D eigenvalue weighted by atomic mass is 15.2. The zero-order valence-electron chi connectivity index (χ0n) is 18.3. The van der Waals surface area contributed by atoms with Crippen molar-refractivity contribution in [2.24, 2.45) is 0 Å². The molecule has 0 saturated carbocycles. The Morgan fingerprint density at radius 1 is 1.04 bits per heavy atom. The quantitative estimate of drug-likeness (QED) is 0.632. The highest BCUT2D eigenvalue weighted by molar-refractivity contribution is 5.44. The molecular weight excluding hydrogens is 344 g/mol. The summed E-state index contributed by atoms with van der Waals surface area (Å²) in [4.78, 5) is 14.1. The monoisotopic (exact) mass is 380 g/mol. The summed E-state index contributed by atoms with van der Waals surface area (Å²) in [6.45, 7) is 12.2. The Balaban J connectivity index is 1.55. The summed E-state index contributed by atoms with van der Waals surface area (Å²) in [5.41, 5.74) is 4.00. The standard InChI is InChI=1S/C24H36N4/c1-18(2)22-17-26-24(15-20(22)4)27(5)14-11-19(3)21-9-10-23(25-16-21)28-12-7-6-8-13-28/h9-10,15-19H,6-8,11-14H2,1-5H3. The van der Waals surface area contributed by atoms with E-state index in [1.807, 2.05) is 6.20 Å². The van der Waals surface area contributed by atoms with Gasteiger partial charge in [-0.3, -0.25) is 0 Å². The Kier molecular flexibility index (Phi) is 6.93. The zero-order chi connectivity index (χ0) is 20.1. The van der Waals surface area contributed by atoms with Crippen LogP contribution in [0.2, 0.25) is 0 Å². The molecule has 1 fully saturated rings. The molecule has 152 valence electrons. The van der Waals surface area contributed by atoms with Crippen LogP contribution in [-0.2, 0) is 0 Å². The van der Waals surface area contributed by atoms with Crippen molar-refractivity contribution in [3.05, 3.63) is 47.3 Å². The number of piperidine rings is 1. The maximum atomic E-state index is 4.75. The number of anilines is 2. The molecule has 2 aromatic heterocycles. The van der Waals surface area contributed by atoms with Crippen LogP contribution in [0.25, 0.3) is 0 Å². The second kappa shape index (κ2) is 9.40. The number of aryl methyl sites for hydroxylation is 1. The molecule has 0 N–H and O–H groups in total. The van der Waals surface area contributed by atoms with Gasteiger partial charge in [-0.05, 0) is 73.3 Å². The van der Waals surface area contributed by atoms with Crippen molar-refractivity contribution < 1.29 is 0 Å². The van der Waals surface area contributed by atoms with Crippen LogP contribution in [0.3, 0.4) is 0 Å². The largest absolute Gasteiger partial charge is 0.360 e. The zero-order valence-corrected chi connectivity index (χ0v) is 18.3. The smallest absolute Gasteiger partial charge is 0.128 e. The van der Waals surface area contributed by atoms with E-state index in [-0.39, 0.29) is 0 Å². The molecular formula is C24H36N4. The van der Waals surface area contributed by atoms with Gasteiger partial charge in [0.2, 0.25) is 0 Å². The molecule has 1 unspecified atom stereocenters. The number of pyridine rings is 2. The minimum absolute atomic E-state index is 0.487. The fraction of sp³-hybridized carbons (Fsp3) is 0.583. The summed E-state index contributed by atoms with van der Waals surface area (Å²) in [7, 11) is 2.14. The first-order chi connectivity index (χ1) is 13.5. The molecule has 0 aliphatic carbocycles. The summed E-state index contributed by atoms with van der Waals surface area (Å²) in [6.07, 6.45) is 9.14. The molecule has 0 bridgehead atoms. The predicted molar refractivity (Wildman–Crippen MR) is 120 cm³/mol. The van der Waals surface area contributed by atoms with E-state index < -0.39 is 0 Å². The Morgan fingerprint density at radius 3 is 2.39 bits per heavy atom. The second-order valence-corrected chi connectivity index (χ2v) is 8.66. The Labute approximate surface area is 171 Å². The van der Waals surface area contributed by atoms with E-state index in [0.717, 1.165) is 37.7 Å².